The highest BCUT2D eigenvalue weighted by atomic mass is 16.5. The summed E-state index contributed by atoms with van der Waals surface area (Å²) in [6.07, 6.45) is 5.47. The van der Waals surface area contributed by atoms with Gasteiger partial charge in [-0.05, 0) is 37.8 Å². The lowest BCUT2D eigenvalue weighted by molar-refractivity contribution is 0.198. The van der Waals surface area contributed by atoms with Gasteiger partial charge in [0, 0.05) is 32.6 Å². The lowest BCUT2D eigenvalue weighted by Gasteiger charge is -2.12. The molecule has 4 nitrogen and oxygen atoms in total. The monoisotopic (exact) mass is 239 g/mol. The van der Waals surface area contributed by atoms with Gasteiger partial charge in [0.1, 0.15) is 0 Å². The van der Waals surface area contributed by atoms with Crippen molar-refractivity contribution in [2.45, 2.75) is 26.2 Å². The van der Waals surface area contributed by atoms with Crippen LogP contribution >= 0.6 is 0 Å². The Labute approximate surface area is 104 Å². The third kappa shape index (κ3) is 5.84. The highest BCUT2D eigenvalue weighted by Gasteiger charge is 2.03. The van der Waals surface area contributed by atoms with E-state index in [1.807, 2.05) is 17.9 Å². The van der Waals surface area contributed by atoms with Crippen LogP contribution in [0.1, 0.15) is 25.5 Å². The number of hydrogen-bond acceptors (Lipinski definition) is 3. The van der Waals surface area contributed by atoms with E-state index in [1.165, 1.54) is 18.5 Å². The second-order valence-electron chi connectivity index (χ2n) is 4.64. The first-order chi connectivity index (χ1) is 8.24. The van der Waals surface area contributed by atoms with Gasteiger partial charge < -0.3 is 10.1 Å². The molecule has 0 fully saturated rings. The molecule has 1 aromatic heterocycles. The van der Waals surface area contributed by atoms with Gasteiger partial charge in [-0.3, -0.25) is 4.68 Å². The molecule has 1 aromatic rings. The molecule has 0 radical (unpaired) electrons. The van der Waals surface area contributed by atoms with Crippen molar-refractivity contribution in [3.05, 3.63) is 18.0 Å². The average Bonchev–Trinajstić information content (AvgIpc) is 2.71. The summed E-state index contributed by atoms with van der Waals surface area (Å²) < 4.78 is 6.95. The van der Waals surface area contributed by atoms with E-state index in [2.05, 4.69) is 23.4 Å². The Hall–Kier alpha value is -0.870. The zero-order chi connectivity index (χ0) is 12.5. The Morgan fingerprint density at radius 2 is 2.35 bits per heavy atom. The molecule has 0 bridgehead atoms. The van der Waals surface area contributed by atoms with E-state index in [0.29, 0.717) is 0 Å². The van der Waals surface area contributed by atoms with Crippen molar-refractivity contribution < 1.29 is 4.74 Å². The Morgan fingerprint density at radius 1 is 1.53 bits per heavy atom. The molecule has 0 spiro atoms. The number of nitrogens with one attached hydrogen (secondary N) is 1. The van der Waals surface area contributed by atoms with Gasteiger partial charge >= 0.3 is 0 Å². The minimum Gasteiger partial charge on any atom is -0.383 e. The maximum Gasteiger partial charge on any atom is 0.0587 e. The maximum atomic E-state index is 4.99. The van der Waals surface area contributed by atoms with E-state index in [-0.39, 0.29) is 0 Å². The van der Waals surface area contributed by atoms with Gasteiger partial charge in [0.05, 0.1) is 6.61 Å². The van der Waals surface area contributed by atoms with E-state index >= 15 is 0 Å². The number of aromatic nitrogens is 2. The molecule has 4 heteroatoms. The van der Waals surface area contributed by atoms with E-state index < -0.39 is 0 Å². The van der Waals surface area contributed by atoms with Crippen molar-refractivity contribution in [3.63, 3.8) is 0 Å². The third-order valence-electron chi connectivity index (χ3n) is 3.03. The van der Waals surface area contributed by atoms with Crippen LogP contribution in [0.15, 0.2) is 12.3 Å². The molecule has 0 aliphatic heterocycles. The molecule has 0 saturated heterocycles. The predicted molar refractivity (Wildman–Crippen MR) is 70.1 cm³/mol. The number of nitrogens with zero attached hydrogens (tertiary/aromatic N) is 2. The number of ether oxygens (including phenoxy) is 1. The number of aryl methyl sites for hydroxylation is 2. The van der Waals surface area contributed by atoms with Crippen LogP contribution in [0.4, 0.5) is 0 Å². The summed E-state index contributed by atoms with van der Waals surface area (Å²) >= 11 is 0. The molecule has 1 N–H and O–H groups in total. The van der Waals surface area contributed by atoms with Gasteiger partial charge in [0.2, 0.25) is 0 Å². The molecule has 1 rings (SSSR count). The van der Waals surface area contributed by atoms with Gasteiger partial charge in [0.15, 0.2) is 0 Å². The second-order valence-corrected chi connectivity index (χ2v) is 4.64. The third-order valence-corrected chi connectivity index (χ3v) is 3.03. The second kappa shape index (κ2) is 8.25. The Morgan fingerprint density at radius 3 is 3.00 bits per heavy atom. The van der Waals surface area contributed by atoms with Crippen LogP contribution in [-0.2, 0) is 18.2 Å². The van der Waals surface area contributed by atoms with Crippen LogP contribution in [0.3, 0.4) is 0 Å². The van der Waals surface area contributed by atoms with Gasteiger partial charge in [-0.25, -0.2) is 0 Å². The van der Waals surface area contributed by atoms with Gasteiger partial charge in [-0.1, -0.05) is 6.92 Å². The minimum absolute atomic E-state index is 0.722. The first-order valence-corrected chi connectivity index (χ1v) is 6.40. The largest absolute Gasteiger partial charge is 0.383 e. The van der Waals surface area contributed by atoms with Crippen molar-refractivity contribution in [1.29, 1.82) is 0 Å². The standard InChI is InChI=1S/C13H25N3O/c1-12(11-14-9-10-17-3)5-4-6-13-7-8-15-16(13)2/h7-8,12,14H,4-6,9-11H2,1-3H3. The van der Waals surface area contributed by atoms with Crippen molar-refractivity contribution >= 4 is 0 Å². The molecule has 0 amide bonds. The SMILES string of the molecule is COCCNCC(C)CCCc1ccnn1C. The maximum absolute atomic E-state index is 4.99. The summed E-state index contributed by atoms with van der Waals surface area (Å²) in [5, 5.41) is 7.57. The smallest absolute Gasteiger partial charge is 0.0587 e. The fraction of sp³-hybridized carbons (Fsp3) is 0.769. The summed E-state index contributed by atoms with van der Waals surface area (Å²) in [6, 6.07) is 2.10. The van der Waals surface area contributed by atoms with Gasteiger partial charge in [-0.2, -0.15) is 5.10 Å². The molecule has 1 unspecified atom stereocenters. The Balaban J connectivity index is 2.04. The molecule has 1 heterocycles. The summed E-state index contributed by atoms with van der Waals surface area (Å²) in [4.78, 5) is 0. The first kappa shape index (κ1) is 14.2. The van der Waals surface area contributed by atoms with Crippen molar-refractivity contribution in [2.75, 3.05) is 26.8 Å². The minimum atomic E-state index is 0.722. The van der Waals surface area contributed by atoms with Crippen LogP contribution in [0.5, 0.6) is 0 Å². The quantitative estimate of drug-likeness (QED) is 0.666. The van der Waals surface area contributed by atoms with Crippen LogP contribution in [0.2, 0.25) is 0 Å². The zero-order valence-corrected chi connectivity index (χ0v) is 11.3. The highest BCUT2D eigenvalue weighted by molar-refractivity contribution is 4.99. The van der Waals surface area contributed by atoms with Crippen molar-refractivity contribution in [1.82, 2.24) is 15.1 Å². The van der Waals surface area contributed by atoms with E-state index in [0.717, 1.165) is 32.0 Å². The fourth-order valence-corrected chi connectivity index (χ4v) is 1.90. The van der Waals surface area contributed by atoms with Crippen LogP contribution in [0, 0.1) is 5.92 Å². The van der Waals surface area contributed by atoms with E-state index in [1.54, 1.807) is 7.11 Å². The van der Waals surface area contributed by atoms with E-state index in [4.69, 9.17) is 4.74 Å². The summed E-state index contributed by atoms with van der Waals surface area (Å²) in [5.41, 5.74) is 1.32. The summed E-state index contributed by atoms with van der Waals surface area (Å²) in [7, 11) is 3.74. The number of hydrogen-bond donors (Lipinski definition) is 1. The molecule has 0 aliphatic rings. The lowest BCUT2D eigenvalue weighted by Crippen LogP contribution is -2.24. The fourth-order valence-electron chi connectivity index (χ4n) is 1.90. The molecule has 98 valence electrons. The van der Waals surface area contributed by atoms with Crippen molar-refractivity contribution in [2.24, 2.45) is 13.0 Å². The Kier molecular flexibility index (Phi) is 6.89. The van der Waals surface area contributed by atoms with Crippen molar-refractivity contribution in [3.8, 4) is 0 Å². The summed E-state index contributed by atoms with van der Waals surface area (Å²) in [6.45, 7) is 5.11. The van der Waals surface area contributed by atoms with Gasteiger partial charge in [-0.15, -0.1) is 0 Å². The number of methoxy groups -OCH3 is 1. The Bertz CT molecular complexity index is 299. The molecule has 17 heavy (non-hydrogen) atoms. The molecule has 1 atom stereocenters. The molecular formula is C13H25N3O. The van der Waals surface area contributed by atoms with Crippen LogP contribution in [0.25, 0.3) is 0 Å². The van der Waals surface area contributed by atoms with E-state index in [9.17, 15) is 0 Å². The van der Waals surface area contributed by atoms with Crippen LogP contribution in [-0.4, -0.2) is 36.6 Å². The molecule has 0 aromatic carbocycles. The van der Waals surface area contributed by atoms with Crippen LogP contribution < -0.4 is 5.32 Å². The van der Waals surface area contributed by atoms with Gasteiger partial charge in [0.25, 0.3) is 0 Å². The first-order valence-electron chi connectivity index (χ1n) is 6.40. The number of rotatable bonds is 9. The zero-order valence-electron chi connectivity index (χ0n) is 11.3. The molecular weight excluding hydrogens is 214 g/mol. The summed E-state index contributed by atoms with van der Waals surface area (Å²) in [5.74, 6) is 0.722. The molecule has 0 aliphatic carbocycles. The highest BCUT2D eigenvalue weighted by Crippen LogP contribution is 2.09. The topological polar surface area (TPSA) is 39.1 Å². The lowest BCUT2D eigenvalue weighted by atomic mass is 10.0. The predicted octanol–water partition coefficient (Wildman–Crippen LogP) is 1.61. The average molecular weight is 239 g/mol. The normalized spacial score (nSPS) is 12.9. The molecule has 0 saturated carbocycles.